The number of hydrogen-bond donors (Lipinski definition) is 5. The van der Waals surface area contributed by atoms with Crippen LogP contribution in [0.5, 0.6) is 0 Å². The molecular formula is C23H27BrFN7O4S. The van der Waals surface area contributed by atoms with Crippen LogP contribution in [-0.2, 0) is 14.8 Å². The maximum absolute atomic E-state index is 14.1. The van der Waals surface area contributed by atoms with Gasteiger partial charge in [-0.1, -0.05) is 6.07 Å². The van der Waals surface area contributed by atoms with Crippen LogP contribution in [-0.4, -0.2) is 57.6 Å². The van der Waals surface area contributed by atoms with Crippen molar-refractivity contribution in [3.05, 3.63) is 64.5 Å². The lowest BCUT2D eigenvalue weighted by atomic mass is 10.1. The zero-order valence-corrected chi connectivity index (χ0v) is 22.3. The van der Waals surface area contributed by atoms with Crippen molar-refractivity contribution in [1.29, 1.82) is 0 Å². The van der Waals surface area contributed by atoms with Gasteiger partial charge < -0.3 is 26.4 Å². The van der Waals surface area contributed by atoms with Crippen LogP contribution in [0.4, 0.5) is 27.5 Å². The molecule has 3 aromatic rings. The first-order chi connectivity index (χ1) is 17.7. The molecule has 2 aromatic carbocycles. The van der Waals surface area contributed by atoms with Gasteiger partial charge in [-0.05, 0) is 72.3 Å². The average molecular weight is 596 g/mol. The number of hydrogen-bond acceptors (Lipinski definition) is 9. The Bertz CT molecular complexity index is 1330. The molecule has 0 aliphatic rings. The Morgan fingerprint density at radius 3 is 2.57 bits per heavy atom. The number of sulfonamides is 1. The van der Waals surface area contributed by atoms with Gasteiger partial charge in [0, 0.05) is 25.0 Å². The molecule has 37 heavy (non-hydrogen) atoms. The van der Waals surface area contributed by atoms with Crippen molar-refractivity contribution in [2.75, 3.05) is 44.0 Å². The topological polar surface area (TPSA) is 160 Å². The lowest BCUT2D eigenvalue weighted by Crippen LogP contribution is -2.27. The van der Waals surface area contributed by atoms with Crippen LogP contribution in [0.15, 0.2) is 58.0 Å². The van der Waals surface area contributed by atoms with E-state index >= 15 is 0 Å². The summed E-state index contributed by atoms with van der Waals surface area (Å²) in [6, 6.07) is 10.1. The lowest BCUT2D eigenvalue weighted by Gasteiger charge is -2.13. The van der Waals surface area contributed by atoms with Crippen LogP contribution in [0.1, 0.15) is 16.8 Å². The Balaban J connectivity index is 1.64. The number of anilines is 4. The molecule has 0 saturated carbocycles. The van der Waals surface area contributed by atoms with Gasteiger partial charge in [0.05, 0.1) is 27.2 Å². The van der Waals surface area contributed by atoms with Crippen molar-refractivity contribution in [2.45, 2.75) is 11.3 Å². The summed E-state index contributed by atoms with van der Waals surface area (Å²) in [5.74, 6) is -1.26. The van der Waals surface area contributed by atoms with Gasteiger partial charge in [-0.2, -0.15) is 4.98 Å². The van der Waals surface area contributed by atoms with E-state index < -0.39 is 21.7 Å². The van der Waals surface area contributed by atoms with E-state index in [2.05, 4.69) is 46.6 Å². The van der Waals surface area contributed by atoms with Gasteiger partial charge in [-0.25, -0.2) is 22.5 Å². The number of carbonyl (C=O) groups excluding carboxylic acids is 1. The smallest absolute Gasteiger partial charge is 0.253 e. The van der Waals surface area contributed by atoms with Crippen molar-refractivity contribution in [3.8, 4) is 0 Å². The minimum Gasteiger partial charge on any atom is -0.380 e. The second kappa shape index (κ2) is 13.4. The summed E-state index contributed by atoms with van der Waals surface area (Å²) in [7, 11) is -1.84. The molecule has 0 fully saturated rings. The number of nitrogens with one attached hydrogen (secondary N) is 4. The third-order valence-corrected chi connectivity index (χ3v) is 6.99. The molecule has 0 spiro atoms. The molecule has 1 amide bonds. The SMILES string of the molecule is CNCCCOCCNS(=O)(=O)c1ccc(Nc2ncc(Br)c(Nc3cccc(F)c3C(N)=O)n2)cc1. The van der Waals surface area contributed by atoms with E-state index in [-0.39, 0.29) is 41.1 Å². The highest BCUT2D eigenvalue weighted by atomic mass is 79.9. The van der Waals surface area contributed by atoms with Crippen LogP contribution in [0.2, 0.25) is 0 Å². The van der Waals surface area contributed by atoms with Gasteiger partial charge in [-0.15, -0.1) is 0 Å². The zero-order chi connectivity index (χ0) is 26.8. The summed E-state index contributed by atoms with van der Waals surface area (Å²) in [6.07, 6.45) is 2.31. The number of ether oxygens (including phenoxy) is 1. The maximum atomic E-state index is 14.1. The van der Waals surface area contributed by atoms with E-state index in [1.54, 1.807) is 12.1 Å². The highest BCUT2D eigenvalue weighted by molar-refractivity contribution is 9.10. The molecule has 0 aliphatic heterocycles. The van der Waals surface area contributed by atoms with Gasteiger partial charge in [0.2, 0.25) is 16.0 Å². The first-order valence-corrected chi connectivity index (χ1v) is 13.5. The Kier molecular flexibility index (Phi) is 10.3. The maximum Gasteiger partial charge on any atom is 0.253 e. The molecule has 0 atom stereocenters. The lowest BCUT2D eigenvalue weighted by molar-refractivity contribution is 0.0997. The van der Waals surface area contributed by atoms with E-state index in [0.717, 1.165) is 19.0 Å². The van der Waals surface area contributed by atoms with Crippen molar-refractivity contribution < 1.29 is 22.3 Å². The minimum absolute atomic E-state index is 0.0948. The standard InChI is InChI=1S/C23H27BrFN7O4S/c1-27-10-3-12-36-13-11-29-37(34,35)16-8-6-15(7-9-16)30-23-28-14-17(24)22(32-23)31-19-5-2-4-18(25)20(19)21(26)33/h2,4-9,14,27,29H,3,10-13H2,1H3,(H2,26,33)(H2,28,30,31,32). The average Bonchev–Trinajstić information content (AvgIpc) is 2.85. The van der Waals surface area contributed by atoms with Crippen LogP contribution in [0.25, 0.3) is 0 Å². The van der Waals surface area contributed by atoms with Crippen molar-refractivity contribution >= 4 is 55.0 Å². The predicted octanol–water partition coefficient (Wildman–Crippen LogP) is 2.87. The highest BCUT2D eigenvalue weighted by Crippen LogP contribution is 2.28. The quantitative estimate of drug-likeness (QED) is 0.176. The summed E-state index contributed by atoms with van der Waals surface area (Å²) in [4.78, 5) is 20.3. The van der Waals surface area contributed by atoms with E-state index in [1.807, 2.05) is 7.05 Å². The van der Waals surface area contributed by atoms with E-state index in [0.29, 0.717) is 16.8 Å². The zero-order valence-electron chi connectivity index (χ0n) is 19.9. The van der Waals surface area contributed by atoms with Crippen molar-refractivity contribution in [3.63, 3.8) is 0 Å². The first kappa shape index (κ1) is 28.4. The van der Waals surface area contributed by atoms with Crippen LogP contribution in [0.3, 0.4) is 0 Å². The summed E-state index contributed by atoms with van der Waals surface area (Å²) >= 11 is 3.32. The Hall–Kier alpha value is -3.17. The molecule has 0 radical (unpaired) electrons. The number of amides is 1. The Morgan fingerprint density at radius 2 is 1.86 bits per heavy atom. The van der Waals surface area contributed by atoms with Crippen LogP contribution < -0.4 is 26.4 Å². The summed E-state index contributed by atoms with van der Waals surface area (Å²) < 4.78 is 47.4. The van der Waals surface area contributed by atoms with Gasteiger partial charge in [0.1, 0.15) is 11.6 Å². The van der Waals surface area contributed by atoms with Gasteiger partial charge >= 0.3 is 0 Å². The molecule has 14 heteroatoms. The normalized spacial score (nSPS) is 11.3. The molecule has 1 heterocycles. The summed E-state index contributed by atoms with van der Waals surface area (Å²) in [5, 5.41) is 8.86. The third-order valence-electron chi connectivity index (χ3n) is 4.93. The van der Waals surface area contributed by atoms with Crippen molar-refractivity contribution in [1.82, 2.24) is 20.0 Å². The Labute approximate surface area is 222 Å². The van der Waals surface area contributed by atoms with Gasteiger partial charge in [0.25, 0.3) is 5.91 Å². The highest BCUT2D eigenvalue weighted by Gasteiger charge is 2.16. The first-order valence-electron chi connectivity index (χ1n) is 11.2. The largest absolute Gasteiger partial charge is 0.380 e. The second-order valence-corrected chi connectivity index (χ2v) is 10.3. The minimum atomic E-state index is -3.69. The van der Waals surface area contributed by atoms with E-state index in [4.69, 9.17) is 10.5 Å². The molecule has 0 bridgehead atoms. The molecule has 1 aromatic heterocycles. The van der Waals surface area contributed by atoms with Gasteiger partial charge in [0.15, 0.2) is 0 Å². The number of nitrogens with two attached hydrogens (primary N) is 1. The van der Waals surface area contributed by atoms with Gasteiger partial charge in [-0.3, -0.25) is 4.79 Å². The van der Waals surface area contributed by atoms with Crippen molar-refractivity contribution in [2.24, 2.45) is 5.73 Å². The molecular weight excluding hydrogens is 569 g/mol. The Morgan fingerprint density at radius 1 is 1.11 bits per heavy atom. The number of carbonyl (C=O) groups is 1. The molecule has 11 nitrogen and oxygen atoms in total. The fourth-order valence-electron chi connectivity index (χ4n) is 3.15. The van der Waals surface area contributed by atoms with E-state index in [9.17, 15) is 17.6 Å². The number of benzene rings is 2. The fraction of sp³-hybridized carbons (Fsp3) is 0.261. The number of aromatic nitrogens is 2. The number of rotatable bonds is 14. The number of primary amides is 1. The fourth-order valence-corrected chi connectivity index (χ4v) is 4.46. The molecule has 0 saturated heterocycles. The number of nitrogens with zero attached hydrogens (tertiary/aromatic N) is 2. The second-order valence-electron chi connectivity index (χ2n) is 7.66. The molecule has 0 aliphatic carbocycles. The molecule has 3 rings (SSSR count). The van der Waals surface area contributed by atoms with Crippen LogP contribution in [0, 0.1) is 5.82 Å². The number of halogens is 2. The molecule has 198 valence electrons. The summed E-state index contributed by atoms with van der Waals surface area (Å²) in [5.41, 5.74) is 5.68. The third kappa shape index (κ3) is 8.16. The predicted molar refractivity (Wildman–Crippen MR) is 142 cm³/mol. The van der Waals surface area contributed by atoms with Crippen LogP contribution >= 0.6 is 15.9 Å². The summed E-state index contributed by atoms with van der Waals surface area (Å²) in [6.45, 7) is 1.81. The molecule has 6 N–H and O–H groups in total. The molecule has 0 unspecified atom stereocenters. The van der Waals surface area contributed by atoms with E-state index in [1.165, 1.54) is 30.5 Å². The monoisotopic (exact) mass is 595 g/mol.